The van der Waals surface area contributed by atoms with Gasteiger partial charge in [-0.05, 0) is 39.3 Å². The van der Waals surface area contributed by atoms with Gasteiger partial charge in [-0.1, -0.05) is 4.49 Å². The van der Waals surface area contributed by atoms with Gasteiger partial charge in [-0.2, -0.15) is 11.8 Å². The zero-order valence-corrected chi connectivity index (χ0v) is 12.7. The summed E-state index contributed by atoms with van der Waals surface area (Å²) in [5.41, 5.74) is 1.07. The van der Waals surface area contributed by atoms with Gasteiger partial charge in [0.1, 0.15) is 10.7 Å². The summed E-state index contributed by atoms with van der Waals surface area (Å²) in [5, 5.41) is 8.61. The average Bonchev–Trinajstić information content (AvgIpc) is 2.74. The summed E-state index contributed by atoms with van der Waals surface area (Å²) in [6, 6.07) is 0.582. The lowest BCUT2D eigenvalue weighted by Crippen LogP contribution is -2.29. The molecular formula is C11H22N4S2. The molecule has 1 rings (SSSR count). The number of rotatable bonds is 8. The minimum Gasteiger partial charge on any atom is -0.374 e. The molecule has 0 bridgehead atoms. The van der Waals surface area contributed by atoms with Crippen molar-refractivity contribution in [3.8, 4) is 0 Å². The molecule has 17 heavy (non-hydrogen) atoms. The molecular weight excluding hydrogens is 252 g/mol. The first-order valence-electron chi connectivity index (χ1n) is 5.93. The van der Waals surface area contributed by atoms with Crippen LogP contribution < -0.4 is 5.32 Å². The number of hydrogen-bond donors (Lipinski definition) is 1. The van der Waals surface area contributed by atoms with E-state index in [-0.39, 0.29) is 0 Å². The van der Waals surface area contributed by atoms with Crippen LogP contribution in [0.15, 0.2) is 0 Å². The van der Waals surface area contributed by atoms with E-state index in [9.17, 15) is 0 Å². The summed E-state index contributed by atoms with van der Waals surface area (Å²) in [7, 11) is 2.15. The van der Waals surface area contributed by atoms with Gasteiger partial charge in [-0.3, -0.25) is 4.90 Å². The summed E-state index contributed by atoms with van der Waals surface area (Å²) in [4.78, 5) is 2.34. The maximum atomic E-state index is 4.20. The molecule has 1 heterocycles. The lowest BCUT2D eigenvalue weighted by Gasteiger charge is -2.23. The first-order chi connectivity index (χ1) is 8.19. The van der Waals surface area contributed by atoms with Crippen molar-refractivity contribution >= 4 is 28.3 Å². The van der Waals surface area contributed by atoms with Crippen molar-refractivity contribution in [1.82, 2.24) is 14.5 Å². The fourth-order valence-corrected chi connectivity index (χ4v) is 2.73. The fraction of sp³-hybridized carbons (Fsp3) is 0.818. The van der Waals surface area contributed by atoms with Gasteiger partial charge < -0.3 is 5.32 Å². The van der Waals surface area contributed by atoms with Crippen molar-refractivity contribution in [2.75, 3.05) is 30.9 Å². The molecule has 1 unspecified atom stereocenters. The largest absolute Gasteiger partial charge is 0.374 e. The molecule has 1 aromatic heterocycles. The van der Waals surface area contributed by atoms with Crippen LogP contribution in [-0.4, -0.2) is 46.1 Å². The standard InChI is InChI=1S/C11H22N4S2/c1-5-12-11-10(13-14-17-11)8-15(3)9(2)6-7-16-4/h9,12H,5-8H2,1-4H3. The molecule has 1 N–H and O–H groups in total. The minimum atomic E-state index is 0.582. The maximum Gasteiger partial charge on any atom is 0.134 e. The van der Waals surface area contributed by atoms with E-state index in [1.165, 1.54) is 23.7 Å². The lowest BCUT2D eigenvalue weighted by atomic mass is 10.2. The van der Waals surface area contributed by atoms with E-state index < -0.39 is 0 Å². The number of nitrogens with zero attached hydrogens (tertiary/aromatic N) is 3. The Morgan fingerprint density at radius 3 is 2.94 bits per heavy atom. The molecule has 4 nitrogen and oxygen atoms in total. The van der Waals surface area contributed by atoms with Crippen molar-refractivity contribution < 1.29 is 0 Å². The van der Waals surface area contributed by atoms with Crippen LogP contribution in [0.4, 0.5) is 5.00 Å². The van der Waals surface area contributed by atoms with Crippen LogP contribution in [0.5, 0.6) is 0 Å². The van der Waals surface area contributed by atoms with Gasteiger partial charge in [-0.15, -0.1) is 5.10 Å². The Morgan fingerprint density at radius 1 is 1.53 bits per heavy atom. The zero-order chi connectivity index (χ0) is 12.7. The second-order valence-electron chi connectivity index (χ2n) is 4.12. The summed E-state index contributed by atoms with van der Waals surface area (Å²) < 4.78 is 4.01. The molecule has 1 aromatic rings. The SMILES string of the molecule is CCNc1snnc1CN(C)C(C)CCSC. The summed E-state index contributed by atoms with van der Waals surface area (Å²) in [6.07, 6.45) is 3.37. The van der Waals surface area contributed by atoms with Gasteiger partial charge >= 0.3 is 0 Å². The molecule has 0 fully saturated rings. The fourth-order valence-electron chi connectivity index (χ4n) is 1.51. The highest BCUT2D eigenvalue weighted by molar-refractivity contribution is 7.98. The predicted molar refractivity (Wildman–Crippen MR) is 78.0 cm³/mol. The number of nitrogens with one attached hydrogen (secondary N) is 1. The monoisotopic (exact) mass is 274 g/mol. The van der Waals surface area contributed by atoms with E-state index in [1.54, 1.807) is 0 Å². The highest BCUT2D eigenvalue weighted by Gasteiger charge is 2.14. The van der Waals surface area contributed by atoms with Crippen molar-refractivity contribution in [2.24, 2.45) is 0 Å². The minimum absolute atomic E-state index is 0.582. The van der Waals surface area contributed by atoms with E-state index in [4.69, 9.17) is 0 Å². The smallest absolute Gasteiger partial charge is 0.134 e. The number of aromatic nitrogens is 2. The van der Waals surface area contributed by atoms with E-state index in [0.29, 0.717) is 6.04 Å². The average molecular weight is 274 g/mol. The summed E-state index contributed by atoms with van der Waals surface area (Å²) in [6.45, 7) is 6.15. The molecule has 0 spiro atoms. The molecule has 0 aliphatic rings. The van der Waals surface area contributed by atoms with E-state index >= 15 is 0 Å². The molecule has 6 heteroatoms. The maximum absolute atomic E-state index is 4.20. The van der Waals surface area contributed by atoms with E-state index in [2.05, 4.69) is 47.0 Å². The Labute approximate surface area is 112 Å². The first-order valence-corrected chi connectivity index (χ1v) is 8.10. The molecule has 0 aliphatic heterocycles. The van der Waals surface area contributed by atoms with Gasteiger partial charge in [0.25, 0.3) is 0 Å². The predicted octanol–water partition coefficient (Wildman–Crippen LogP) is 2.54. The molecule has 1 atom stereocenters. The molecule has 0 saturated carbocycles. The van der Waals surface area contributed by atoms with Crippen molar-refractivity contribution in [3.05, 3.63) is 5.69 Å². The number of hydrogen-bond acceptors (Lipinski definition) is 6. The van der Waals surface area contributed by atoms with Gasteiger partial charge in [0.15, 0.2) is 0 Å². The highest BCUT2D eigenvalue weighted by atomic mass is 32.2. The number of anilines is 1. The van der Waals surface area contributed by atoms with Crippen LogP contribution in [0.1, 0.15) is 26.0 Å². The Bertz CT molecular complexity index is 316. The molecule has 0 radical (unpaired) electrons. The third kappa shape index (κ3) is 4.81. The van der Waals surface area contributed by atoms with Crippen LogP contribution in [0.2, 0.25) is 0 Å². The van der Waals surface area contributed by atoms with Crippen LogP contribution in [0.25, 0.3) is 0 Å². The van der Waals surface area contributed by atoms with E-state index in [0.717, 1.165) is 23.8 Å². The molecule has 0 amide bonds. The van der Waals surface area contributed by atoms with Crippen molar-refractivity contribution in [1.29, 1.82) is 0 Å². The van der Waals surface area contributed by atoms with Gasteiger partial charge in [0.05, 0.1) is 0 Å². The quantitative estimate of drug-likeness (QED) is 0.789. The zero-order valence-electron chi connectivity index (χ0n) is 11.1. The first kappa shape index (κ1) is 14.7. The molecule has 0 aliphatic carbocycles. The third-order valence-electron chi connectivity index (χ3n) is 2.78. The topological polar surface area (TPSA) is 41.1 Å². The second-order valence-corrected chi connectivity index (χ2v) is 5.86. The Morgan fingerprint density at radius 2 is 2.29 bits per heavy atom. The Hall–Kier alpha value is -0.330. The lowest BCUT2D eigenvalue weighted by molar-refractivity contribution is 0.242. The highest BCUT2D eigenvalue weighted by Crippen LogP contribution is 2.20. The van der Waals surface area contributed by atoms with Gasteiger partial charge in [0.2, 0.25) is 0 Å². The van der Waals surface area contributed by atoms with Crippen LogP contribution in [0.3, 0.4) is 0 Å². The second kappa shape index (κ2) is 7.89. The number of thioether (sulfide) groups is 1. The van der Waals surface area contributed by atoms with Crippen LogP contribution in [0, 0.1) is 0 Å². The van der Waals surface area contributed by atoms with Gasteiger partial charge in [0, 0.05) is 30.7 Å². The van der Waals surface area contributed by atoms with Gasteiger partial charge in [-0.25, -0.2) is 0 Å². The third-order valence-corrected chi connectivity index (χ3v) is 4.15. The van der Waals surface area contributed by atoms with Crippen molar-refractivity contribution in [3.63, 3.8) is 0 Å². The molecule has 0 saturated heterocycles. The molecule has 0 aromatic carbocycles. The van der Waals surface area contributed by atoms with Crippen LogP contribution in [-0.2, 0) is 6.54 Å². The Balaban J connectivity index is 2.48. The van der Waals surface area contributed by atoms with Crippen LogP contribution >= 0.6 is 23.3 Å². The summed E-state index contributed by atoms with van der Waals surface area (Å²) in [5.74, 6) is 1.21. The van der Waals surface area contributed by atoms with Crippen molar-refractivity contribution in [2.45, 2.75) is 32.9 Å². The Kier molecular flexibility index (Phi) is 6.84. The molecule has 98 valence electrons. The van der Waals surface area contributed by atoms with E-state index in [1.807, 2.05) is 11.8 Å². The normalized spacial score (nSPS) is 13.0. The summed E-state index contributed by atoms with van der Waals surface area (Å²) >= 11 is 3.34.